The molecule has 1 saturated carbocycles. The minimum absolute atomic E-state index is 0.00926. The molecule has 1 aromatic carbocycles. The Balaban J connectivity index is 1.56. The van der Waals surface area contributed by atoms with Gasteiger partial charge in [-0.1, -0.05) is 12.1 Å². The number of para-hydroxylation sites is 2. The van der Waals surface area contributed by atoms with E-state index in [1.807, 2.05) is 30.0 Å². The first-order chi connectivity index (χ1) is 11.4. The predicted octanol–water partition coefficient (Wildman–Crippen LogP) is 1.47. The molecule has 7 heteroatoms. The quantitative estimate of drug-likeness (QED) is 0.897. The van der Waals surface area contributed by atoms with E-state index < -0.39 is 15.6 Å². The van der Waals surface area contributed by atoms with E-state index in [-0.39, 0.29) is 18.1 Å². The molecule has 0 radical (unpaired) electrons. The Hall–Kier alpha value is -1.60. The maximum absolute atomic E-state index is 12.9. The highest BCUT2D eigenvalue weighted by molar-refractivity contribution is 7.89. The molecule has 1 aromatic rings. The van der Waals surface area contributed by atoms with Gasteiger partial charge in [0.2, 0.25) is 15.9 Å². The number of fused-ring (bicyclic) bond motifs is 1. The number of nitrogens with zero attached hydrogens (tertiary/aromatic N) is 2. The SMILES string of the molecule is CC1(CC(=O)N2CCN(C3CC3)c3ccccc32)CCS(=O)(=O)N1. The van der Waals surface area contributed by atoms with E-state index in [9.17, 15) is 13.2 Å². The standard InChI is InChI=1S/C17H23N3O3S/c1-17(8-11-24(22,23)18-17)12-16(21)20-10-9-19(13-6-7-13)14-4-2-3-5-15(14)20/h2-5,13,18H,6-12H2,1H3. The fourth-order valence-corrected chi connectivity index (χ4v) is 5.55. The summed E-state index contributed by atoms with van der Waals surface area (Å²) in [5.74, 6) is 0.0908. The van der Waals surface area contributed by atoms with Gasteiger partial charge in [0.15, 0.2) is 0 Å². The van der Waals surface area contributed by atoms with Crippen molar-refractivity contribution in [3.05, 3.63) is 24.3 Å². The summed E-state index contributed by atoms with van der Waals surface area (Å²) in [6.07, 6.45) is 3.12. The van der Waals surface area contributed by atoms with Crippen LogP contribution < -0.4 is 14.5 Å². The second kappa shape index (κ2) is 5.46. The molecular weight excluding hydrogens is 326 g/mol. The lowest BCUT2D eigenvalue weighted by molar-refractivity contribution is -0.119. The third kappa shape index (κ3) is 2.91. The molecule has 1 saturated heterocycles. The summed E-state index contributed by atoms with van der Waals surface area (Å²) in [7, 11) is -3.23. The first-order valence-electron chi connectivity index (χ1n) is 8.55. The zero-order valence-electron chi connectivity index (χ0n) is 13.9. The Labute approximate surface area is 142 Å². The maximum Gasteiger partial charge on any atom is 0.228 e. The molecule has 1 atom stereocenters. The molecule has 6 nitrogen and oxygen atoms in total. The van der Waals surface area contributed by atoms with Gasteiger partial charge in [-0.05, 0) is 38.3 Å². The van der Waals surface area contributed by atoms with Gasteiger partial charge in [-0.15, -0.1) is 0 Å². The van der Waals surface area contributed by atoms with Crippen LogP contribution >= 0.6 is 0 Å². The van der Waals surface area contributed by atoms with Crippen molar-refractivity contribution >= 4 is 27.3 Å². The monoisotopic (exact) mass is 349 g/mol. The van der Waals surface area contributed by atoms with Gasteiger partial charge in [-0.2, -0.15) is 0 Å². The highest BCUT2D eigenvalue weighted by atomic mass is 32.2. The number of carbonyl (C=O) groups excluding carboxylic acids is 1. The van der Waals surface area contributed by atoms with Crippen molar-refractivity contribution in [1.82, 2.24) is 4.72 Å². The molecule has 130 valence electrons. The molecule has 1 unspecified atom stereocenters. The third-order valence-corrected chi connectivity index (χ3v) is 6.75. The number of amides is 1. The zero-order chi connectivity index (χ0) is 16.9. The van der Waals surface area contributed by atoms with E-state index in [0.717, 1.165) is 17.9 Å². The molecular formula is C17H23N3O3S. The van der Waals surface area contributed by atoms with Crippen LogP contribution in [0.1, 0.15) is 32.6 Å². The van der Waals surface area contributed by atoms with Gasteiger partial charge in [-0.3, -0.25) is 4.79 Å². The Kier molecular flexibility index (Phi) is 3.61. The first kappa shape index (κ1) is 15.9. The van der Waals surface area contributed by atoms with Crippen molar-refractivity contribution in [1.29, 1.82) is 0 Å². The number of carbonyl (C=O) groups is 1. The number of sulfonamides is 1. The van der Waals surface area contributed by atoms with Crippen molar-refractivity contribution in [2.75, 3.05) is 28.6 Å². The molecule has 2 heterocycles. The minimum Gasteiger partial charge on any atom is -0.365 e. The van der Waals surface area contributed by atoms with E-state index in [0.29, 0.717) is 19.0 Å². The smallest absolute Gasteiger partial charge is 0.228 e. The summed E-state index contributed by atoms with van der Waals surface area (Å²) in [6, 6.07) is 8.64. The third-order valence-electron chi connectivity index (χ3n) is 5.20. The Bertz CT molecular complexity index is 775. The summed E-state index contributed by atoms with van der Waals surface area (Å²) < 4.78 is 26.0. The zero-order valence-corrected chi connectivity index (χ0v) is 14.7. The minimum atomic E-state index is -3.23. The van der Waals surface area contributed by atoms with Crippen LogP contribution in [0.2, 0.25) is 0 Å². The lowest BCUT2D eigenvalue weighted by Crippen LogP contribution is -2.49. The van der Waals surface area contributed by atoms with Crippen LogP contribution in [0.15, 0.2) is 24.3 Å². The highest BCUT2D eigenvalue weighted by Gasteiger charge is 2.41. The molecule has 0 aromatic heterocycles. The number of hydrogen-bond acceptors (Lipinski definition) is 4. The fraction of sp³-hybridized carbons (Fsp3) is 0.588. The summed E-state index contributed by atoms with van der Waals surface area (Å²) >= 11 is 0. The summed E-state index contributed by atoms with van der Waals surface area (Å²) in [6.45, 7) is 3.33. The number of hydrogen-bond donors (Lipinski definition) is 1. The van der Waals surface area contributed by atoms with Gasteiger partial charge in [0.25, 0.3) is 0 Å². The lowest BCUT2D eigenvalue weighted by atomic mass is 9.95. The molecule has 1 N–H and O–H groups in total. The Morgan fingerprint density at radius 3 is 2.58 bits per heavy atom. The summed E-state index contributed by atoms with van der Waals surface area (Å²) in [5.41, 5.74) is 1.40. The lowest BCUT2D eigenvalue weighted by Gasteiger charge is -2.39. The van der Waals surface area contributed by atoms with Crippen LogP contribution in [-0.2, 0) is 14.8 Å². The van der Waals surface area contributed by atoms with Crippen LogP contribution in [0.3, 0.4) is 0 Å². The predicted molar refractivity (Wildman–Crippen MR) is 93.7 cm³/mol. The van der Waals surface area contributed by atoms with E-state index in [1.165, 1.54) is 12.8 Å². The van der Waals surface area contributed by atoms with Gasteiger partial charge in [0.1, 0.15) is 0 Å². The average molecular weight is 349 g/mol. The number of nitrogens with one attached hydrogen (secondary N) is 1. The molecule has 0 spiro atoms. The maximum atomic E-state index is 12.9. The van der Waals surface area contributed by atoms with E-state index in [2.05, 4.69) is 15.7 Å². The van der Waals surface area contributed by atoms with Crippen LogP contribution in [0.25, 0.3) is 0 Å². The van der Waals surface area contributed by atoms with E-state index >= 15 is 0 Å². The van der Waals surface area contributed by atoms with Gasteiger partial charge < -0.3 is 9.80 Å². The molecule has 2 fully saturated rings. The Morgan fingerprint density at radius 1 is 1.25 bits per heavy atom. The van der Waals surface area contributed by atoms with Crippen LogP contribution in [-0.4, -0.2) is 44.7 Å². The van der Waals surface area contributed by atoms with Gasteiger partial charge in [0.05, 0.1) is 17.1 Å². The molecule has 0 bridgehead atoms. The molecule has 24 heavy (non-hydrogen) atoms. The van der Waals surface area contributed by atoms with E-state index in [1.54, 1.807) is 0 Å². The van der Waals surface area contributed by atoms with Gasteiger partial charge in [-0.25, -0.2) is 13.1 Å². The number of benzene rings is 1. The molecule has 4 rings (SSSR count). The summed E-state index contributed by atoms with van der Waals surface area (Å²) in [4.78, 5) is 17.1. The van der Waals surface area contributed by atoms with Crippen molar-refractivity contribution in [3.8, 4) is 0 Å². The van der Waals surface area contributed by atoms with Gasteiger partial charge in [0, 0.05) is 31.1 Å². The van der Waals surface area contributed by atoms with Crippen molar-refractivity contribution in [2.45, 2.75) is 44.2 Å². The molecule has 1 aliphatic carbocycles. The van der Waals surface area contributed by atoms with Crippen LogP contribution in [0.4, 0.5) is 11.4 Å². The highest BCUT2D eigenvalue weighted by Crippen LogP contribution is 2.40. The second-order valence-electron chi connectivity index (χ2n) is 7.37. The van der Waals surface area contributed by atoms with Gasteiger partial charge >= 0.3 is 0 Å². The normalized spacial score (nSPS) is 28.7. The number of anilines is 2. The first-order valence-corrected chi connectivity index (χ1v) is 10.2. The number of rotatable bonds is 3. The summed E-state index contributed by atoms with van der Waals surface area (Å²) in [5, 5.41) is 0. The molecule has 3 aliphatic rings. The van der Waals surface area contributed by atoms with Crippen molar-refractivity contribution in [2.24, 2.45) is 0 Å². The van der Waals surface area contributed by atoms with E-state index in [4.69, 9.17) is 0 Å². The van der Waals surface area contributed by atoms with Crippen molar-refractivity contribution < 1.29 is 13.2 Å². The fourth-order valence-electron chi connectivity index (χ4n) is 3.80. The largest absolute Gasteiger partial charge is 0.365 e. The molecule has 2 aliphatic heterocycles. The van der Waals surface area contributed by atoms with Crippen LogP contribution in [0.5, 0.6) is 0 Å². The van der Waals surface area contributed by atoms with Crippen LogP contribution in [0, 0.1) is 0 Å². The topological polar surface area (TPSA) is 69.7 Å². The second-order valence-corrected chi connectivity index (χ2v) is 9.21. The Morgan fingerprint density at radius 2 is 1.96 bits per heavy atom. The van der Waals surface area contributed by atoms with Crippen molar-refractivity contribution in [3.63, 3.8) is 0 Å². The molecule has 1 amide bonds. The average Bonchev–Trinajstić information content (AvgIpc) is 3.32.